The number of fused-ring (bicyclic) bond motifs is 1. The Balaban J connectivity index is 1.67. The van der Waals surface area contributed by atoms with Crippen LogP contribution >= 0.6 is 0 Å². The van der Waals surface area contributed by atoms with Gasteiger partial charge in [0.2, 0.25) is 5.95 Å². The quantitative estimate of drug-likeness (QED) is 0.855. The number of nitrogens with one attached hydrogen (secondary N) is 1. The van der Waals surface area contributed by atoms with Crippen molar-refractivity contribution in [2.75, 3.05) is 11.9 Å². The zero-order valence-corrected chi connectivity index (χ0v) is 10.2. The molecule has 1 fully saturated rings. The number of nitrogens with zero attached hydrogens (tertiary/aromatic N) is 3. The van der Waals surface area contributed by atoms with Crippen molar-refractivity contribution in [1.29, 1.82) is 0 Å². The van der Waals surface area contributed by atoms with Gasteiger partial charge in [-0.3, -0.25) is 0 Å². The van der Waals surface area contributed by atoms with Gasteiger partial charge in [0.25, 0.3) is 0 Å². The molecule has 18 heavy (non-hydrogen) atoms. The Kier molecular flexibility index (Phi) is 3.06. The van der Waals surface area contributed by atoms with E-state index in [1.807, 2.05) is 24.3 Å². The van der Waals surface area contributed by atoms with Crippen LogP contribution in [0, 0.1) is 5.92 Å². The first-order chi connectivity index (χ1) is 8.81. The molecule has 3 N–H and O–H groups in total. The fourth-order valence-corrected chi connectivity index (χ4v) is 2.49. The first kappa shape index (κ1) is 11.3. The Hall–Kier alpha value is -1.75. The lowest BCUT2D eigenvalue weighted by Gasteiger charge is -2.10. The summed E-state index contributed by atoms with van der Waals surface area (Å²) in [6, 6.07) is 8.12. The highest BCUT2D eigenvalue weighted by molar-refractivity contribution is 5.73. The lowest BCUT2D eigenvalue weighted by molar-refractivity contribution is 0.563. The molecule has 1 aliphatic rings. The van der Waals surface area contributed by atoms with Crippen LogP contribution in [0.4, 0.5) is 5.95 Å². The van der Waals surface area contributed by atoms with Crippen molar-refractivity contribution in [3.8, 4) is 0 Å². The van der Waals surface area contributed by atoms with E-state index >= 15 is 0 Å². The number of para-hydroxylation sites is 1. The van der Waals surface area contributed by atoms with Crippen molar-refractivity contribution in [3.05, 3.63) is 24.3 Å². The second-order valence-electron chi connectivity index (χ2n) is 4.94. The molecule has 94 valence electrons. The van der Waals surface area contributed by atoms with Crippen molar-refractivity contribution in [2.45, 2.75) is 25.3 Å². The normalized spacial score (nSPS) is 23.4. The molecule has 0 saturated heterocycles. The number of rotatable bonds is 3. The van der Waals surface area contributed by atoms with Gasteiger partial charge < -0.3 is 11.1 Å². The predicted molar refractivity (Wildman–Crippen MR) is 71.1 cm³/mol. The van der Waals surface area contributed by atoms with E-state index in [0.717, 1.165) is 30.4 Å². The van der Waals surface area contributed by atoms with Crippen LogP contribution in [0.1, 0.15) is 19.3 Å². The first-order valence-corrected chi connectivity index (χ1v) is 6.40. The SMILES string of the molecule is NC1CCC(CNc2nnc3ccccc3n2)C1. The monoisotopic (exact) mass is 243 g/mol. The molecule has 0 radical (unpaired) electrons. The highest BCUT2D eigenvalue weighted by Crippen LogP contribution is 2.24. The second kappa shape index (κ2) is 4.86. The molecule has 1 aromatic carbocycles. The van der Waals surface area contributed by atoms with Gasteiger partial charge >= 0.3 is 0 Å². The fourth-order valence-electron chi connectivity index (χ4n) is 2.49. The fraction of sp³-hybridized carbons (Fsp3) is 0.462. The molecule has 0 aliphatic heterocycles. The molecule has 0 spiro atoms. The Morgan fingerprint density at radius 3 is 2.78 bits per heavy atom. The highest BCUT2D eigenvalue weighted by atomic mass is 15.2. The number of aromatic nitrogens is 3. The number of nitrogens with two attached hydrogens (primary N) is 1. The average Bonchev–Trinajstić information content (AvgIpc) is 2.82. The third-order valence-electron chi connectivity index (χ3n) is 3.49. The van der Waals surface area contributed by atoms with Crippen LogP contribution in [0.15, 0.2) is 24.3 Å². The molecule has 1 heterocycles. The number of anilines is 1. The van der Waals surface area contributed by atoms with Crippen LogP contribution < -0.4 is 11.1 Å². The van der Waals surface area contributed by atoms with Crippen LogP contribution in [-0.2, 0) is 0 Å². The van der Waals surface area contributed by atoms with Gasteiger partial charge in [-0.25, -0.2) is 4.98 Å². The number of hydrogen-bond donors (Lipinski definition) is 2. The smallest absolute Gasteiger partial charge is 0.243 e. The summed E-state index contributed by atoms with van der Waals surface area (Å²) >= 11 is 0. The Labute approximate surface area is 106 Å². The van der Waals surface area contributed by atoms with Crippen LogP contribution in [0.3, 0.4) is 0 Å². The Morgan fingerprint density at radius 2 is 2.00 bits per heavy atom. The summed E-state index contributed by atoms with van der Waals surface area (Å²) < 4.78 is 0. The summed E-state index contributed by atoms with van der Waals surface area (Å²) in [6.45, 7) is 0.883. The minimum absolute atomic E-state index is 0.368. The van der Waals surface area contributed by atoms with Crippen molar-refractivity contribution in [1.82, 2.24) is 15.2 Å². The summed E-state index contributed by atoms with van der Waals surface area (Å²) in [5, 5.41) is 11.5. The molecule has 1 aromatic heterocycles. The number of benzene rings is 1. The molecule has 0 bridgehead atoms. The molecule has 5 nitrogen and oxygen atoms in total. The van der Waals surface area contributed by atoms with Crippen molar-refractivity contribution >= 4 is 17.0 Å². The van der Waals surface area contributed by atoms with Crippen molar-refractivity contribution < 1.29 is 0 Å². The Morgan fingerprint density at radius 1 is 1.17 bits per heavy atom. The maximum absolute atomic E-state index is 5.90. The molecule has 1 saturated carbocycles. The summed E-state index contributed by atoms with van der Waals surface area (Å²) in [7, 11) is 0. The molecule has 2 atom stereocenters. The van der Waals surface area contributed by atoms with Crippen LogP contribution in [-0.4, -0.2) is 27.8 Å². The molecule has 1 aliphatic carbocycles. The highest BCUT2D eigenvalue weighted by Gasteiger charge is 2.21. The first-order valence-electron chi connectivity index (χ1n) is 6.40. The molecule has 2 unspecified atom stereocenters. The maximum atomic E-state index is 5.90. The maximum Gasteiger partial charge on any atom is 0.243 e. The van der Waals surface area contributed by atoms with Crippen LogP contribution in [0.2, 0.25) is 0 Å². The Bertz CT molecular complexity index is 542. The summed E-state index contributed by atoms with van der Waals surface area (Å²) in [4.78, 5) is 4.44. The van der Waals surface area contributed by atoms with E-state index in [0.29, 0.717) is 17.9 Å². The zero-order chi connectivity index (χ0) is 12.4. The van der Waals surface area contributed by atoms with E-state index in [9.17, 15) is 0 Å². The van der Waals surface area contributed by atoms with Gasteiger partial charge in [0.1, 0.15) is 5.52 Å². The van der Waals surface area contributed by atoms with Crippen molar-refractivity contribution in [3.63, 3.8) is 0 Å². The van der Waals surface area contributed by atoms with E-state index in [2.05, 4.69) is 20.5 Å². The minimum atomic E-state index is 0.368. The van der Waals surface area contributed by atoms with E-state index in [4.69, 9.17) is 5.73 Å². The van der Waals surface area contributed by atoms with Crippen LogP contribution in [0.5, 0.6) is 0 Å². The van der Waals surface area contributed by atoms with Gasteiger partial charge in [-0.2, -0.15) is 0 Å². The predicted octanol–water partition coefficient (Wildman–Crippen LogP) is 1.56. The van der Waals surface area contributed by atoms with Gasteiger partial charge in [-0.15, -0.1) is 10.2 Å². The second-order valence-corrected chi connectivity index (χ2v) is 4.94. The third-order valence-corrected chi connectivity index (χ3v) is 3.49. The molecule has 5 heteroatoms. The topological polar surface area (TPSA) is 76.7 Å². The van der Waals surface area contributed by atoms with E-state index in [-0.39, 0.29) is 0 Å². The lowest BCUT2D eigenvalue weighted by atomic mass is 10.1. The van der Waals surface area contributed by atoms with Gasteiger partial charge in [0, 0.05) is 12.6 Å². The minimum Gasteiger partial charge on any atom is -0.353 e. The summed E-state index contributed by atoms with van der Waals surface area (Å²) in [5.74, 6) is 1.24. The van der Waals surface area contributed by atoms with Gasteiger partial charge in [0.15, 0.2) is 0 Å². The summed E-state index contributed by atoms with van der Waals surface area (Å²) in [5.41, 5.74) is 7.60. The van der Waals surface area contributed by atoms with Crippen molar-refractivity contribution in [2.24, 2.45) is 11.7 Å². The van der Waals surface area contributed by atoms with Gasteiger partial charge in [-0.1, -0.05) is 12.1 Å². The third kappa shape index (κ3) is 2.41. The van der Waals surface area contributed by atoms with E-state index < -0.39 is 0 Å². The molecule has 2 aromatic rings. The average molecular weight is 243 g/mol. The van der Waals surface area contributed by atoms with Gasteiger partial charge in [-0.05, 0) is 37.3 Å². The van der Waals surface area contributed by atoms with Gasteiger partial charge in [0.05, 0.1) is 5.52 Å². The zero-order valence-electron chi connectivity index (χ0n) is 10.2. The molecule has 3 rings (SSSR count). The summed E-state index contributed by atoms with van der Waals surface area (Å²) in [6.07, 6.45) is 3.41. The lowest BCUT2D eigenvalue weighted by Crippen LogP contribution is -2.18. The molecular formula is C13H17N5. The van der Waals surface area contributed by atoms with E-state index in [1.165, 1.54) is 6.42 Å². The number of hydrogen-bond acceptors (Lipinski definition) is 5. The molecule has 0 amide bonds. The molecular weight excluding hydrogens is 226 g/mol. The largest absolute Gasteiger partial charge is 0.353 e. The standard InChI is InChI=1S/C13H17N5/c14-10-6-5-9(7-10)8-15-13-16-11-3-1-2-4-12(11)17-18-13/h1-4,9-10H,5-8,14H2,(H,15,16,18). The van der Waals surface area contributed by atoms with E-state index in [1.54, 1.807) is 0 Å². The van der Waals surface area contributed by atoms with Crippen LogP contribution in [0.25, 0.3) is 11.0 Å².